The molecule has 1 saturated heterocycles. The zero-order valence-corrected chi connectivity index (χ0v) is 13.6. The van der Waals surface area contributed by atoms with Crippen LogP contribution in [0, 0.1) is 13.8 Å². The Bertz CT molecular complexity index is 498. The molecular weight excluding hydrogens is 280 g/mol. The highest BCUT2D eigenvalue weighted by molar-refractivity contribution is 5.81. The summed E-state index contributed by atoms with van der Waals surface area (Å²) in [4.78, 5) is 12.1. The molecule has 3 atom stereocenters. The number of ether oxygens (including phenoxy) is 2. The monoisotopic (exact) mass is 306 g/mol. The highest BCUT2D eigenvalue weighted by Crippen LogP contribution is 2.22. The summed E-state index contributed by atoms with van der Waals surface area (Å²) in [7, 11) is 0. The number of amides is 1. The standard InChI is InChI=1S/C17H26N2O3/c1-11-5-4-6-12(2)16(11)21-10-13(3)19-17(20)15-8-7-14(9-18)22-15/h4-6,13-15H,7-10,18H2,1-3H3,(H,19,20)/t13?,14-,15+/m1/s1. The predicted molar refractivity (Wildman–Crippen MR) is 86.0 cm³/mol. The lowest BCUT2D eigenvalue weighted by atomic mass is 10.1. The Morgan fingerprint density at radius 3 is 2.68 bits per heavy atom. The Hall–Kier alpha value is -1.59. The molecule has 122 valence electrons. The molecule has 0 bridgehead atoms. The molecule has 1 amide bonds. The second-order valence-corrected chi connectivity index (χ2v) is 6.00. The van der Waals surface area contributed by atoms with Crippen LogP contribution in [0.3, 0.4) is 0 Å². The summed E-state index contributed by atoms with van der Waals surface area (Å²) in [6.45, 7) is 6.87. The molecule has 1 aliphatic rings. The highest BCUT2D eigenvalue weighted by Gasteiger charge is 2.30. The van der Waals surface area contributed by atoms with Crippen LogP contribution in [0.15, 0.2) is 18.2 Å². The van der Waals surface area contributed by atoms with Gasteiger partial charge in [0.1, 0.15) is 18.5 Å². The number of nitrogens with two attached hydrogens (primary N) is 1. The molecule has 5 heteroatoms. The number of rotatable bonds is 6. The van der Waals surface area contributed by atoms with Gasteiger partial charge >= 0.3 is 0 Å². The van der Waals surface area contributed by atoms with Crippen LogP contribution in [-0.2, 0) is 9.53 Å². The quantitative estimate of drug-likeness (QED) is 0.839. The van der Waals surface area contributed by atoms with Gasteiger partial charge in [0.15, 0.2) is 0 Å². The van der Waals surface area contributed by atoms with Crippen molar-refractivity contribution in [2.24, 2.45) is 5.73 Å². The molecule has 2 rings (SSSR count). The smallest absolute Gasteiger partial charge is 0.249 e. The second-order valence-electron chi connectivity index (χ2n) is 6.00. The average molecular weight is 306 g/mol. The van der Waals surface area contributed by atoms with Gasteiger partial charge in [-0.15, -0.1) is 0 Å². The first-order chi connectivity index (χ1) is 10.5. The maximum atomic E-state index is 12.1. The van der Waals surface area contributed by atoms with Gasteiger partial charge in [-0.2, -0.15) is 0 Å². The van der Waals surface area contributed by atoms with Gasteiger partial charge < -0.3 is 20.5 Å². The van der Waals surface area contributed by atoms with E-state index in [4.69, 9.17) is 15.2 Å². The predicted octanol–water partition coefficient (Wildman–Crippen LogP) is 1.69. The zero-order valence-electron chi connectivity index (χ0n) is 13.6. The van der Waals surface area contributed by atoms with Crippen molar-refractivity contribution in [1.82, 2.24) is 5.32 Å². The molecule has 0 aromatic heterocycles. The molecule has 0 radical (unpaired) electrons. The number of benzene rings is 1. The van der Waals surface area contributed by atoms with Crippen LogP contribution in [0.4, 0.5) is 0 Å². The maximum Gasteiger partial charge on any atom is 0.249 e. The number of hydrogen-bond donors (Lipinski definition) is 2. The molecule has 1 heterocycles. The number of hydrogen-bond acceptors (Lipinski definition) is 4. The van der Waals surface area contributed by atoms with Crippen molar-refractivity contribution in [3.63, 3.8) is 0 Å². The zero-order chi connectivity index (χ0) is 16.1. The van der Waals surface area contributed by atoms with Crippen LogP contribution in [0.2, 0.25) is 0 Å². The van der Waals surface area contributed by atoms with Crippen molar-refractivity contribution in [2.75, 3.05) is 13.2 Å². The number of aryl methyl sites for hydroxylation is 2. The fourth-order valence-corrected chi connectivity index (χ4v) is 2.68. The van der Waals surface area contributed by atoms with Crippen molar-refractivity contribution >= 4 is 5.91 Å². The van der Waals surface area contributed by atoms with Crippen LogP contribution in [0.5, 0.6) is 5.75 Å². The van der Waals surface area contributed by atoms with Gasteiger partial charge in [0.25, 0.3) is 0 Å². The van der Waals surface area contributed by atoms with Crippen LogP contribution < -0.4 is 15.8 Å². The largest absolute Gasteiger partial charge is 0.491 e. The summed E-state index contributed by atoms with van der Waals surface area (Å²) >= 11 is 0. The SMILES string of the molecule is Cc1cccc(C)c1OCC(C)NC(=O)[C@@H]1CC[C@H](CN)O1. The Balaban J connectivity index is 1.81. The third-order valence-electron chi connectivity index (χ3n) is 3.94. The van der Waals surface area contributed by atoms with E-state index in [1.807, 2.05) is 39.0 Å². The maximum absolute atomic E-state index is 12.1. The van der Waals surface area contributed by atoms with E-state index in [1.54, 1.807) is 0 Å². The molecule has 1 fully saturated rings. The lowest BCUT2D eigenvalue weighted by Gasteiger charge is -2.19. The fraction of sp³-hybridized carbons (Fsp3) is 0.588. The molecule has 1 aliphatic heterocycles. The molecule has 0 aliphatic carbocycles. The summed E-state index contributed by atoms with van der Waals surface area (Å²) in [6.07, 6.45) is 1.22. The van der Waals surface area contributed by atoms with Crippen molar-refractivity contribution in [3.05, 3.63) is 29.3 Å². The first-order valence-electron chi connectivity index (χ1n) is 7.86. The summed E-state index contributed by atoms with van der Waals surface area (Å²) in [5.41, 5.74) is 7.76. The molecule has 1 aromatic rings. The van der Waals surface area contributed by atoms with Crippen LogP contribution in [0.25, 0.3) is 0 Å². The van der Waals surface area contributed by atoms with Gasteiger partial charge in [-0.3, -0.25) is 4.79 Å². The van der Waals surface area contributed by atoms with Gasteiger partial charge in [-0.05, 0) is 44.7 Å². The third-order valence-corrected chi connectivity index (χ3v) is 3.94. The van der Waals surface area contributed by atoms with E-state index in [1.165, 1.54) is 0 Å². The van der Waals surface area contributed by atoms with Gasteiger partial charge in [0.05, 0.1) is 12.1 Å². The average Bonchev–Trinajstić information content (AvgIpc) is 2.95. The van der Waals surface area contributed by atoms with E-state index in [0.717, 1.165) is 29.7 Å². The van der Waals surface area contributed by atoms with Gasteiger partial charge in [-0.25, -0.2) is 0 Å². The molecular formula is C17H26N2O3. The van der Waals surface area contributed by atoms with E-state index < -0.39 is 0 Å². The van der Waals surface area contributed by atoms with Crippen molar-refractivity contribution < 1.29 is 14.3 Å². The first kappa shape index (κ1) is 16.8. The van der Waals surface area contributed by atoms with Crippen molar-refractivity contribution in [3.8, 4) is 5.75 Å². The molecule has 3 N–H and O–H groups in total. The van der Waals surface area contributed by atoms with Gasteiger partial charge in [0, 0.05) is 6.54 Å². The Kier molecular flexibility index (Phi) is 5.80. The molecule has 1 aromatic carbocycles. The summed E-state index contributed by atoms with van der Waals surface area (Å²) in [5.74, 6) is 0.817. The topological polar surface area (TPSA) is 73.6 Å². The third kappa shape index (κ3) is 4.21. The highest BCUT2D eigenvalue weighted by atomic mass is 16.5. The van der Waals surface area contributed by atoms with E-state index in [2.05, 4.69) is 5.32 Å². The Morgan fingerprint density at radius 2 is 2.09 bits per heavy atom. The Morgan fingerprint density at radius 1 is 1.41 bits per heavy atom. The number of carbonyl (C=O) groups is 1. The van der Waals surface area contributed by atoms with Crippen LogP contribution in [0.1, 0.15) is 30.9 Å². The fourth-order valence-electron chi connectivity index (χ4n) is 2.68. The molecule has 1 unspecified atom stereocenters. The van der Waals surface area contributed by atoms with Gasteiger partial charge in [0.2, 0.25) is 5.91 Å². The van der Waals surface area contributed by atoms with E-state index in [0.29, 0.717) is 13.2 Å². The molecule has 0 saturated carbocycles. The van der Waals surface area contributed by atoms with E-state index in [-0.39, 0.29) is 24.2 Å². The lowest BCUT2D eigenvalue weighted by Crippen LogP contribution is -2.43. The summed E-state index contributed by atoms with van der Waals surface area (Å²) in [5, 5.41) is 2.95. The van der Waals surface area contributed by atoms with Crippen molar-refractivity contribution in [2.45, 2.75) is 51.9 Å². The second kappa shape index (κ2) is 7.61. The summed E-state index contributed by atoms with van der Waals surface area (Å²) < 4.78 is 11.5. The lowest BCUT2D eigenvalue weighted by molar-refractivity contribution is -0.132. The number of para-hydroxylation sites is 1. The van der Waals surface area contributed by atoms with Crippen LogP contribution >= 0.6 is 0 Å². The molecule has 0 spiro atoms. The normalized spacial score (nSPS) is 22.4. The molecule has 5 nitrogen and oxygen atoms in total. The minimum Gasteiger partial charge on any atom is -0.491 e. The Labute approximate surface area is 132 Å². The van der Waals surface area contributed by atoms with Gasteiger partial charge in [-0.1, -0.05) is 18.2 Å². The van der Waals surface area contributed by atoms with E-state index in [9.17, 15) is 4.79 Å². The van der Waals surface area contributed by atoms with Crippen LogP contribution in [-0.4, -0.2) is 37.3 Å². The summed E-state index contributed by atoms with van der Waals surface area (Å²) in [6, 6.07) is 5.97. The van der Waals surface area contributed by atoms with E-state index >= 15 is 0 Å². The minimum atomic E-state index is -0.379. The number of nitrogens with one attached hydrogen (secondary N) is 1. The molecule has 22 heavy (non-hydrogen) atoms. The minimum absolute atomic E-state index is 0.0110. The van der Waals surface area contributed by atoms with Crippen molar-refractivity contribution in [1.29, 1.82) is 0 Å². The number of carbonyl (C=O) groups excluding carboxylic acids is 1. The first-order valence-corrected chi connectivity index (χ1v) is 7.86.